The van der Waals surface area contributed by atoms with Crippen molar-refractivity contribution in [1.82, 2.24) is 4.98 Å². The summed E-state index contributed by atoms with van der Waals surface area (Å²) < 4.78 is 0. The minimum Gasteiger partial charge on any atom is -0.355 e. The topological polar surface area (TPSA) is 45.2 Å². The third-order valence-electron chi connectivity index (χ3n) is 4.69. The highest BCUT2D eigenvalue weighted by Crippen LogP contribution is 2.29. The fraction of sp³-hybridized carbons (Fsp3) is 0.238. The van der Waals surface area contributed by atoms with E-state index >= 15 is 0 Å². The monoisotopic (exact) mass is 363 g/mol. The second-order valence-corrected chi connectivity index (χ2v) is 7.37. The zero-order valence-corrected chi connectivity index (χ0v) is 15.5. The molecule has 3 aromatic rings. The number of rotatable bonds is 5. The Labute approximate surface area is 157 Å². The molecule has 1 aliphatic heterocycles. The van der Waals surface area contributed by atoms with Gasteiger partial charge in [0.05, 0.1) is 11.7 Å². The predicted molar refractivity (Wildman–Crippen MR) is 108 cm³/mol. The summed E-state index contributed by atoms with van der Waals surface area (Å²) in [6.07, 6.45) is 1.60. The van der Waals surface area contributed by atoms with Crippen LogP contribution in [0.15, 0.2) is 60.0 Å². The number of amides is 1. The van der Waals surface area contributed by atoms with E-state index in [0.717, 1.165) is 35.0 Å². The molecule has 0 aliphatic carbocycles. The van der Waals surface area contributed by atoms with E-state index < -0.39 is 0 Å². The Morgan fingerprint density at radius 2 is 1.88 bits per heavy atom. The number of carbonyl (C=O) groups excluding carboxylic acids is 1. The zero-order chi connectivity index (χ0) is 17.9. The lowest BCUT2D eigenvalue weighted by Gasteiger charge is -2.15. The van der Waals surface area contributed by atoms with Crippen molar-refractivity contribution < 1.29 is 4.79 Å². The van der Waals surface area contributed by atoms with Crippen molar-refractivity contribution >= 4 is 28.1 Å². The highest BCUT2D eigenvalue weighted by atomic mass is 32.1. The van der Waals surface area contributed by atoms with Gasteiger partial charge in [-0.1, -0.05) is 42.5 Å². The van der Waals surface area contributed by atoms with E-state index in [-0.39, 0.29) is 11.9 Å². The number of thiazole rings is 1. The molecule has 1 atom stereocenters. The van der Waals surface area contributed by atoms with Gasteiger partial charge in [-0.25, -0.2) is 4.98 Å². The Kier molecular flexibility index (Phi) is 4.71. The van der Waals surface area contributed by atoms with E-state index in [9.17, 15) is 4.79 Å². The average molecular weight is 363 g/mol. The minimum atomic E-state index is 0.207. The number of nitrogens with one attached hydrogen (secondary N) is 1. The smallest absolute Gasteiger partial charge is 0.227 e. The van der Waals surface area contributed by atoms with Crippen molar-refractivity contribution in [2.75, 3.05) is 16.8 Å². The molecular weight excluding hydrogens is 342 g/mol. The Bertz CT molecular complexity index is 889. The lowest BCUT2D eigenvalue weighted by molar-refractivity contribution is -0.117. The largest absolute Gasteiger partial charge is 0.355 e. The molecule has 4 rings (SSSR count). The van der Waals surface area contributed by atoms with E-state index in [0.29, 0.717) is 6.42 Å². The Morgan fingerprint density at radius 3 is 2.58 bits per heavy atom. The van der Waals surface area contributed by atoms with Crippen LogP contribution in [0.5, 0.6) is 0 Å². The first kappa shape index (κ1) is 16.8. The van der Waals surface area contributed by atoms with Gasteiger partial charge in [0.2, 0.25) is 5.91 Å². The van der Waals surface area contributed by atoms with E-state index in [2.05, 4.69) is 29.8 Å². The van der Waals surface area contributed by atoms with E-state index in [1.54, 1.807) is 11.3 Å². The number of nitrogens with zero attached hydrogens (tertiary/aromatic N) is 2. The van der Waals surface area contributed by atoms with Crippen molar-refractivity contribution in [3.05, 3.63) is 65.5 Å². The number of aromatic nitrogens is 1. The molecule has 132 valence electrons. The van der Waals surface area contributed by atoms with Gasteiger partial charge < -0.3 is 10.2 Å². The van der Waals surface area contributed by atoms with Gasteiger partial charge in [0.25, 0.3) is 0 Å². The number of hydrogen-bond donors (Lipinski definition) is 1. The number of hydrogen-bond acceptors (Lipinski definition) is 4. The van der Waals surface area contributed by atoms with Crippen LogP contribution in [0.2, 0.25) is 0 Å². The molecule has 2 aromatic carbocycles. The molecule has 1 fully saturated rings. The quantitative estimate of drug-likeness (QED) is 0.685. The fourth-order valence-corrected chi connectivity index (χ4v) is 4.02. The van der Waals surface area contributed by atoms with Crippen molar-refractivity contribution in [2.45, 2.75) is 25.8 Å². The molecule has 1 N–H and O–H groups in total. The van der Waals surface area contributed by atoms with Gasteiger partial charge in [-0.05, 0) is 31.0 Å². The van der Waals surface area contributed by atoms with E-state index in [1.807, 2.05) is 47.4 Å². The maximum atomic E-state index is 11.9. The average Bonchev–Trinajstić information content (AvgIpc) is 3.32. The highest BCUT2D eigenvalue weighted by molar-refractivity contribution is 7.14. The Hall–Kier alpha value is -2.66. The van der Waals surface area contributed by atoms with E-state index in [4.69, 9.17) is 4.98 Å². The number of benzene rings is 2. The number of carbonyl (C=O) groups is 1. The van der Waals surface area contributed by atoms with Gasteiger partial charge in [-0.2, -0.15) is 0 Å². The lowest BCUT2D eigenvalue weighted by Crippen LogP contribution is -2.23. The highest BCUT2D eigenvalue weighted by Gasteiger charge is 2.21. The van der Waals surface area contributed by atoms with Gasteiger partial charge in [-0.15, -0.1) is 11.3 Å². The maximum Gasteiger partial charge on any atom is 0.227 e. The third-order valence-corrected chi connectivity index (χ3v) is 5.47. The SMILES string of the molecule is C[C@@H](Nc1nc(-c2ccc(N3CCCC3=O)cc2)cs1)c1ccccc1. The maximum absolute atomic E-state index is 11.9. The van der Waals surface area contributed by atoms with E-state index in [1.165, 1.54) is 5.56 Å². The van der Waals surface area contributed by atoms with Crippen LogP contribution in [0.25, 0.3) is 11.3 Å². The molecule has 5 heteroatoms. The Morgan fingerprint density at radius 1 is 1.12 bits per heavy atom. The van der Waals surface area contributed by atoms with Crippen LogP contribution < -0.4 is 10.2 Å². The second-order valence-electron chi connectivity index (χ2n) is 6.51. The first-order valence-electron chi connectivity index (χ1n) is 8.88. The van der Waals surface area contributed by atoms with Crippen LogP contribution in [0.3, 0.4) is 0 Å². The van der Waals surface area contributed by atoms with Gasteiger partial charge in [0.15, 0.2) is 5.13 Å². The van der Waals surface area contributed by atoms with Gasteiger partial charge in [0.1, 0.15) is 0 Å². The summed E-state index contributed by atoms with van der Waals surface area (Å²) >= 11 is 1.61. The molecule has 4 nitrogen and oxygen atoms in total. The van der Waals surface area contributed by atoms with Crippen molar-refractivity contribution in [3.8, 4) is 11.3 Å². The number of anilines is 2. The van der Waals surface area contributed by atoms with Crippen LogP contribution in [0.1, 0.15) is 31.4 Å². The van der Waals surface area contributed by atoms with Crippen molar-refractivity contribution in [3.63, 3.8) is 0 Å². The summed E-state index contributed by atoms with van der Waals surface area (Å²) in [7, 11) is 0. The molecule has 1 aliphatic rings. The molecule has 0 bridgehead atoms. The van der Waals surface area contributed by atoms with Crippen LogP contribution in [0, 0.1) is 0 Å². The summed E-state index contributed by atoms with van der Waals surface area (Å²) in [6, 6.07) is 18.7. The summed E-state index contributed by atoms with van der Waals surface area (Å²) in [5, 5.41) is 6.44. The van der Waals surface area contributed by atoms with Crippen LogP contribution in [0.4, 0.5) is 10.8 Å². The van der Waals surface area contributed by atoms with Gasteiger partial charge in [0, 0.05) is 29.6 Å². The Balaban J connectivity index is 1.46. The molecule has 0 unspecified atom stereocenters. The molecule has 0 saturated carbocycles. The standard InChI is InChI=1S/C21H21N3OS/c1-15(16-6-3-2-4-7-16)22-21-23-19(14-26-21)17-9-11-18(12-10-17)24-13-5-8-20(24)25/h2-4,6-7,9-12,14-15H,5,8,13H2,1H3,(H,22,23)/t15-/m1/s1. The molecule has 1 amide bonds. The van der Waals surface area contributed by atoms with Gasteiger partial charge in [-0.3, -0.25) is 4.79 Å². The molecular formula is C21H21N3OS. The first-order valence-corrected chi connectivity index (χ1v) is 9.76. The predicted octanol–water partition coefficient (Wildman–Crippen LogP) is 5.11. The van der Waals surface area contributed by atoms with Crippen LogP contribution in [-0.4, -0.2) is 17.4 Å². The minimum absolute atomic E-state index is 0.207. The van der Waals surface area contributed by atoms with Crippen LogP contribution >= 0.6 is 11.3 Å². The third kappa shape index (κ3) is 3.48. The zero-order valence-electron chi connectivity index (χ0n) is 14.7. The second kappa shape index (κ2) is 7.30. The van der Waals surface area contributed by atoms with Crippen molar-refractivity contribution in [2.24, 2.45) is 0 Å². The summed E-state index contributed by atoms with van der Waals surface area (Å²) in [6.45, 7) is 2.96. The summed E-state index contributed by atoms with van der Waals surface area (Å²) in [4.78, 5) is 18.4. The molecule has 2 heterocycles. The first-order chi connectivity index (χ1) is 12.7. The fourth-order valence-electron chi connectivity index (χ4n) is 3.22. The van der Waals surface area contributed by atoms with Crippen LogP contribution in [-0.2, 0) is 4.79 Å². The van der Waals surface area contributed by atoms with Gasteiger partial charge >= 0.3 is 0 Å². The lowest BCUT2D eigenvalue weighted by atomic mass is 10.1. The van der Waals surface area contributed by atoms with Crippen molar-refractivity contribution in [1.29, 1.82) is 0 Å². The molecule has 1 saturated heterocycles. The molecule has 0 spiro atoms. The molecule has 0 radical (unpaired) electrons. The molecule has 1 aromatic heterocycles. The molecule has 26 heavy (non-hydrogen) atoms. The summed E-state index contributed by atoms with van der Waals surface area (Å²) in [5.41, 5.74) is 4.24. The normalized spacial score (nSPS) is 15.3. The summed E-state index contributed by atoms with van der Waals surface area (Å²) in [5.74, 6) is 0.216.